The third kappa shape index (κ3) is 3.16. The van der Waals surface area contributed by atoms with Gasteiger partial charge in [-0.1, -0.05) is 11.6 Å². The molecular weight excluding hydrogens is 190 g/mol. The Morgan fingerprint density at radius 2 is 2.31 bits per heavy atom. The SMILES string of the molecule is CN(C)CCn1cnc(Cl)cc1=O. The van der Waals surface area contributed by atoms with Crippen LogP contribution in [0.15, 0.2) is 17.2 Å². The normalized spacial score (nSPS) is 10.8. The molecule has 0 bridgehead atoms. The van der Waals surface area contributed by atoms with Gasteiger partial charge in [-0.3, -0.25) is 9.36 Å². The minimum absolute atomic E-state index is 0.109. The highest BCUT2D eigenvalue weighted by atomic mass is 35.5. The van der Waals surface area contributed by atoms with Crippen molar-refractivity contribution >= 4 is 11.6 Å². The number of hydrogen-bond donors (Lipinski definition) is 0. The summed E-state index contributed by atoms with van der Waals surface area (Å²) in [6, 6.07) is 1.32. The zero-order valence-corrected chi connectivity index (χ0v) is 8.45. The van der Waals surface area contributed by atoms with Gasteiger partial charge in [-0.2, -0.15) is 0 Å². The Hall–Kier alpha value is -0.870. The molecule has 0 aromatic carbocycles. The van der Waals surface area contributed by atoms with Crippen molar-refractivity contribution in [1.29, 1.82) is 0 Å². The van der Waals surface area contributed by atoms with Crippen molar-refractivity contribution in [2.45, 2.75) is 6.54 Å². The van der Waals surface area contributed by atoms with E-state index >= 15 is 0 Å². The Labute approximate surface area is 81.8 Å². The maximum atomic E-state index is 11.3. The molecule has 0 saturated carbocycles. The van der Waals surface area contributed by atoms with Gasteiger partial charge < -0.3 is 4.90 Å². The highest BCUT2D eigenvalue weighted by molar-refractivity contribution is 6.29. The van der Waals surface area contributed by atoms with E-state index in [4.69, 9.17) is 11.6 Å². The van der Waals surface area contributed by atoms with Crippen molar-refractivity contribution in [3.63, 3.8) is 0 Å². The van der Waals surface area contributed by atoms with E-state index in [0.717, 1.165) is 6.54 Å². The number of rotatable bonds is 3. The Kier molecular flexibility index (Phi) is 3.45. The maximum Gasteiger partial charge on any atom is 0.254 e. The zero-order chi connectivity index (χ0) is 9.84. The molecule has 1 aromatic heterocycles. The molecule has 0 aliphatic rings. The number of aromatic nitrogens is 2. The summed E-state index contributed by atoms with van der Waals surface area (Å²) in [6.07, 6.45) is 1.47. The first-order chi connectivity index (χ1) is 6.09. The Morgan fingerprint density at radius 3 is 2.85 bits per heavy atom. The fourth-order valence-corrected chi connectivity index (χ4v) is 1.02. The molecule has 0 aliphatic carbocycles. The van der Waals surface area contributed by atoms with Crippen molar-refractivity contribution in [3.05, 3.63) is 27.9 Å². The molecular formula is C8H12ClN3O. The predicted molar refractivity (Wildman–Crippen MR) is 52.1 cm³/mol. The molecule has 0 aliphatic heterocycles. The van der Waals surface area contributed by atoms with Crippen LogP contribution >= 0.6 is 11.6 Å². The zero-order valence-electron chi connectivity index (χ0n) is 7.70. The van der Waals surface area contributed by atoms with Crippen molar-refractivity contribution in [1.82, 2.24) is 14.5 Å². The fraction of sp³-hybridized carbons (Fsp3) is 0.500. The van der Waals surface area contributed by atoms with Crippen LogP contribution in [-0.2, 0) is 6.54 Å². The van der Waals surface area contributed by atoms with E-state index in [2.05, 4.69) is 4.98 Å². The minimum atomic E-state index is -0.109. The van der Waals surface area contributed by atoms with Crippen molar-refractivity contribution in [2.24, 2.45) is 0 Å². The molecule has 72 valence electrons. The third-order valence-electron chi connectivity index (χ3n) is 1.63. The molecule has 0 unspecified atom stereocenters. The van der Waals surface area contributed by atoms with Crippen LogP contribution in [0.3, 0.4) is 0 Å². The molecule has 0 fully saturated rings. The molecule has 1 heterocycles. The van der Waals surface area contributed by atoms with Crippen LogP contribution in [-0.4, -0.2) is 35.1 Å². The van der Waals surface area contributed by atoms with Gasteiger partial charge in [0.2, 0.25) is 0 Å². The number of hydrogen-bond acceptors (Lipinski definition) is 3. The Morgan fingerprint density at radius 1 is 1.62 bits per heavy atom. The first-order valence-corrected chi connectivity index (χ1v) is 4.34. The van der Waals surface area contributed by atoms with Gasteiger partial charge in [-0.05, 0) is 14.1 Å². The van der Waals surface area contributed by atoms with Gasteiger partial charge in [0.05, 0.1) is 6.33 Å². The van der Waals surface area contributed by atoms with Crippen LogP contribution in [0, 0.1) is 0 Å². The van der Waals surface area contributed by atoms with E-state index in [9.17, 15) is 4.79 Å². The van der Waals surface area contributed by atoms with Gasteiger partial charge in [0.1, 0.15) is 5.15 Å². The molecule has 0 atom stereocenters. The van der Waals surface area contributed by atoms with Crippen LogP contribution < -0.4 is 5.56 Å². The average molecular weight is 202 g/mol. The summed E-state index contributed by atoms with van der Waals surface area (Å²) in [5.74, 6) is 0. The van der Waals surface area contributed by atoms with Crippen LogP contribution in [0.4, 0.5) is 0 Å². The largest absolute Gasteiger partial charge is 0.308 e. The topological polar surface area (TPSA) is 38.1 Å². The lowest BCUT2D eigenvalue weighted by Gasteiger charge is -2.10. The third-order valence-corrected chi connectivity index (χ3v) is 1.84. The monoisotopic (exact) mass is 201 g/mol. The second-order valence-corrected chi connectivity index (χ2v) is 3.43. The minimum Gasteiger partial charge on any atom is -0.308 e. The van der Waals surface area contributed by atoms with Crippen LogP contribution in [0.25, 0.3) is 0 Å². The van der Waals surface area contributed by atoms with E-state index in [0.29, 0.717) is 6.54 Å². The van der Waals surface area contributed by atoms with Crippen LogP contribution in [0.1, 0.15) is 0 Å². The van der Waals surface area contributed by atoms with E-state index in [1.54, 1.807) is 0 Å². The first-order valence-electron chi connectivity index (χ1n) is 3.96. The highest BCUT2D eigenvalue weighted by Crippen LogP contribution is 1.96. The molecule has 13 heavy (non-hydrogen) atoms. The van der Waals surface area contributed by atoms with Crippen molar-refractivity contribution in [3.8, 4) is 0 Å². The van der Waals surface area contributed by atoms with E-state index in [-0.39, 0.29) is 10.7 Å². The van der Waals surface area contributed by atoms with Gasteiger partial charge >= 0.3 is 0 Å². The van der Waals surface area contributed by atoms with Gasteiger partial charge in [-0.25, -0.2) is 4.98 Å². The van der Waals surface area contributed by atoms with Gasteiger partial charge in [0, 0.05) is 19.2 Å². The van der Waals surface area contributed by atoms with Gasteiger partial charge in [0.25, 0.3) is 5.56 Å². The molecule has 4 nitrogen and oxygen atoms in total. The second kappa shape index (κ2) is 4.39. The summed E-state index contributed by atoms with van der Waals surface area (Å²) in [5, 5.41) is 0.242. The van der Waals surface area contributed by atoms with Crippen LogP contribution in [0.5, 0.6) is 0 Å². The number of halogens is 1. The number of likely N-dealkylation sites (N-methyl/N-ethyl adjacent to an activating group) is 1. The van der Waals surface area contributed by atoms with Crippen LogP contribution in [0.2, 0.25) is 5.15 Å². The second-order valence-electron chi connectivity index (χ2n) is 3.05. The summed E-state index contributed by atoms with van der Waals surface area (Å²) < 4.78 is 1.53. The molecule has 0 amide bonds. The Balaban J connectivity index is 2.73. The maximum absolute atomic E-state index is 11.3. The van der Waals surface area contributed by atoms with E-state index in [1.165, 1.54) is 17.0 Å². The first kappa shape index (κ1) is 10.2. The fourth-order valence-electron chi connectivity index (χ4n) is 0.879. The van der Waals surface area contributed by atoms with E-state index in [1.807, 2.05) is 19.0 Å². The van der Waals surface area contributed by atoms with Gasteiger partial charge in [0.15, 0.2) is 0 Å². The molecule has 5 heteroatoms. The molecule has 0 N–H and O–H groups in total. The van der Waals surface area contributed by atoms with Gasteiger partial charge in [-0.15, -0.1) is 0 Å². The molecule has 0 spiro atoms. The molecule has 1 rings (SSSR count). The standard InChI is InChI=1S/C8H12ClN3O/c1-11(2)3-4-12-6-10-7(9)5-8(12)13/h5-6H,3-4H2,1-2H3. The quantitative estimate of drug-likeness (QED) is 0.667. The predicted octanol–water partition coefficient (Wildman–Crippen LogP) is 0.458. The molecule has 0 saturated heterocycles. The highest BCUT2D eigenvalue weighted by Gasteiger charge is 1.97. The molecule has 1 aromatic rings. The summed E-state index contributed by atoms with van der Waals surface area (Å²) in [4.78, 5) is 17.1. The Bertz CT molecular complexity index is 334. The summed E-state index contributed by atoms with van der Waals surface area (Å²) in [6.45, 7) is 1.44. The summed E-state index contributed by atoms with van der Waals surface area (Å²) in [7, 11) is 3.91. The lowest BCUT2D eigenvalue weighted by molar-refractivity contribution is 0.379. The number of nitrogens with zero attached hydrogens (tertiary/aromatic N) is 3. The van der Waals surface area contributed by atoms with Crippen molar-refractivity contribution in [2.75, 3.05) is 20.6 Å². The lowest BCUT2D eigenvalue weighted by Crippen LogP contribution is -2.26. The smallest absolute Gasteiger partial charge is 0.254 e. The summed E-state index contributed by atoms with van der Waals surface area (Å²) >= 11 is 5.54. The molecule has 0 radical (unpaired) electrons. The lowest BCUT2D eigenvalue weighted by atomic mass is 10.5. The summed E-state index contributed by atoms with van der Waals surface area (Å²) in [5.41, 5.74) is -0.109. The average Bonchev–Trinajstić information content (AvgIpc) is 2.02. The van der Waals surface area contributed by atoms with E-state index < -0.39 is 0 Å². The van der Waals surface area contributed by atoms with Crippen molar-refractivity contribution < 1.29 is 0 Å².